The Morgan fingerprint density at radius 3 is 2.04 bits per heavy atom. The van der Waals surface area contributed by atoms with Gasteiger partial charge in [-0.1, -0.05) is 48.5 Å². The van der Waals surface area contributed by atoms with Gasteiger partial charge in [-0.15, -0.1) is 0 Å². The first-order valence-electron chi connectivity index (χ1n) is 8.43. The molecule has 1 heterocycles. The summed E-state index contributed by atoms with van der Waals surface area (Å²) in [6.07, 6.45) is 4.54. The molecule has 1 atom stereocenters. The normalized spacial score (nSPS) is 26.7. The predicted octanol–water partition coefficient (Wildman–Crippen LogP) is 3.39. The van der Waals surface area contributed by atoms with Gasteiger partial charge in [-0.05, 0) is 34.7 Å². The van der Waals surface area contributed by atoms with Crippen LogP contribution in [0.2, 0.25) is 0 Å². The minimum atomic E-state index is -0.455. The Hall–Kier alpha value is -2.52. The first kappa shape index (κ1) is 13.9. The summed E-state index contributed by atoms with van der Waals surface area (Å²) in [6.45, 7) is 0.0661. The third-order valence-corrected chi connectivity index (χ3v) is 5.85. The summed E-state index contributed by atoms with van der Waals surface area (Å²) in [7, 11) is 0. The number of fused-ring (bicyclic) bond motifs is 1. The molecule has 3 aliphatic rings. The van der Waals surface area contributed by atoms with Crippen molar-refractivity contribution in [1.82, 2.24) is 9.97 Å². The van der Waals surface area contributed by atoms with Gasteiger partial charge in [0.1, 0.15) is 5.82 Å². The molecule has 0 aliphatic heterocycles. The lowest BCUT2D eigenvalue weighted by Crippen LogP contribution is -2.48. The van der Waals surface area contributed by atoms with Crippen molar-refractivity contribution in [3.8, 4) is 0 Å². The largest absolute Gasteiger partial charge is 0.395 e. The van der Waals surface area contributed by atoms with E-state index in [-0.39, 0.29) is 12.5 Å². The molecule has 0 spiro atoms. The van der Waals surface area contributed by atoms with Crippen molar-refractivity contribution in [1.29, 1.82) is 0 Å². The Bertz CT molecular complexity index is 859. The Kier molecular flexibility index (Phi) is 2.88. The lowest BCUT2D eigenvalue weighted by molar-refractivity contribution is 0.165. The van der Waals surface area contributed by atoms with Crippen LogP contribution in [0.25, 0.3) is 0 Å². The van der Waals surface area contributed by atoms with Crippen LogP contribution in [0.5, 0.6) is 0 Å². The number of aliphatic hydroxyl groups excluding tert-OH is 1. The molecule has 2 aromatic carbocycles. The predicted molar refractivity (Wildman–Crippen MR) is 92.0 cm³/mol. The van der Waals surface area contributed by atoms with Gasteiger partial charge in [-0.25, -0.2) is 9.97 Å². The number of hydrogen-bond donors (Lipinski definition) is 1. The van der Waals surface area contributed by atoms with Crippen molar-refractivity contribution in [2.24, 2.45) is 0 Å². The number of hydrogen-bond acceptors (Lipinski definition) is 3. The van der Waals surface area contributed by atoms with Crippen molar-refractivity contribution < 1.29 is 5.11 Å². The lowest BCUT2D eigenvalue weighted by atomic mass is 9.50. The lowest BCUT2D eigenvalue weighted by Gasteiger charge is -2.53. The fraction of sp³-hybridized carbons (Fsp3) is 0.238. The second-order valence-corrected chi connectivity index (χ2v) is 6.75. The Balaban J connectivity index is 1.85. The van der Waals surface area contributed by atoms with Gasteiger partial charge in [0.05, 0.1) is 12.0 Å². The van der Waals surface area contributed by atoms with Gasteiger partial charge < -0.3 is 5.11 Å². The maximum Gasteiger partial charge on any atom is 0.132 e. The minimum Gasteiger partial charge on any atom is -0.395 e. The molecule has 1 aromatic heterocycles. The molecule has 0 saturated heterocycles. The third-order valence-electron chi connectivity index (χ3n) is 5.85. The van der Waals surface area contributed by atoms with E-state index in [0.717, 1.165) is 12.2 Å². The monoisotopic (exact) mass is 314 g/mol. The summed E-state index contributed by atoms with van der Waals surface area (Å²) in [6, 6.07) is 18.9. The molecule has 1 unspecified atom stereocenters. The summed E-state index contributed by atoms with van der Waals surface area (Å²) in [5.74, 6) is 1.28. The van der Waals surface area contributed by atoms with Crippen molar-refractivity contribution >= 4 is 0 Å². The van der Waals surface area contributed by atoms with Crippen LogP contribution in [0, 0.1) is 0 Å². The fourth-order valence-electron chi connectivity index (χ4n) is 4.89. The number of aliphatic hydroxyl groups is 1. The molecule has 3 heteroatoms. The van der Waals surface area contributed by atoms with Gasteiger partial charge in [-0.3, -0.25) is 0 Å². The molecule has 3 aromatic rings. The highest BCUT2D eigenvalue weighted by Gasteiger charge is 2.55. The van der Waals surface area contributed by atoms with Gasteiger partial charge in [0, 0.05) is 24.2 Å². The van der Waals surface area contributed by atoms with E-state index < -0.39 is 5.41 Å². The number of aromatic nitrogens is 2. The summed E-state index contributed by atoms with van der Waals surface area (Å²) in [5, 5.41) is 10.6. The zero-order chi connectivity index (χ0) is 16.1. The van der Waals surface area contributed by atoms with E-state index in [1.165, 1.54) is 22.3 Å². The summed E-state index contributed by atoms with van der Waals surface area (Å²) >= 11 is 0. The molecule has 24 heavy (non-hydrogen) atoms. The van der Waals surface area contributed by atoms with Gasteiger partial charge in [-0.2, -0.15) is 0 Å². The van der Waals surface area contributed by atoms with E-state index in [2.05, 4.69) is 58.5 Å². The Morgan fingerprint density at radius 1 is 0.875 bits per heavy atom. The molecule has 3 aliphatic carbocycles. The molecule has 0 fully saturated rings. The van der Waals surface area contributed by atoms with Crippen LogP contribution in [0.1, 0.15) is 46.3 Å². The smallest absolute Gasteiger partial charge is 0.132 e. The van der Waals surface area contributed by atoms with Crippen LogP contribution in [0.3, 0.4) is 0 Å². The topological polar surface area (TPSA) is 46.0 Å². The first-order chi connectivity index (χ1) is 11.9. The van der Waals surface area contributed by atoms with Crippen molar-refractivity contribution in [2.45, 2.75) is 23.7 Å². The zero-order valence-electron chi connectivity index (χ0n) is 13.3. The van der Waals surface area contributed by atoms with E-state index in [0.29, 0.717) is 5.92 Å². The van der Waals surface area contributed by atoms with Crippen LogP contribution < -0.4 is 0 Å². The molecular formula is C21H18N2O. The van der Waals surface area contributed by atoms with Crippen LogP contribution in [0.4, 0.5) is 0 Å². The third kappa shape index (κ3) is 1.60. The first-order valence-corrected chi connectivity index (χ1v) is 8.43. The zero-order valence-corrected chi connectivity index (χ0v) is 13.3. The van der Waals surface area contributed by atoms with Crippen LogP contribution in [-0.4, -0.2) is 21.7 Å². The molecule has 3 nitrogen and oxygen atoms in total. The minimum absolute atomic E-state index is 0.0661. The van der Waals surface area contributed by atoms with Crippen LogP contribution in [-0.2, 0) is 5.41 Å². The SMILES string of the molecule is OCC12c3ccccc3C(CC1c1ncccn1)c1ccccc12. The van der Waals surface area contributed by atoms with E-state index >= 15 is 0 Å². The van der Waals surface area contributed by atoms with Crippen molar-refractivity contribution in [2.75, 3.05) is 6.61 Å². The number of benzene rings is 2. The highest BCUT2D eigenvalue weighted by Crippen LogP contribution is 2.61. The van der Waals surface area contributed by atoms with Gasteiger partial charge in [0.15, 0.2) is 0 Å². The molecule has 2 bridgehead atoms. The van der Waals surface area contributed by atoms with Gasteiger partial charge in [0.2, 0.25) is 0 Å². The van der Waals surface area contributed by atoms with Gasteiger partial charge >= 0.3 is 0 Å². The summed E-state index contributed by atoms with van der Waals surface area (Å²) in [4.78, 5) is 9.08. The highest BCUT2D eigenvalue weighted by atomic mass is 16.3. The maximum absolute atomic E-state index is 10.6. The number of rotatable bonds is 2. The average molecular weight is 314 g/mol. The summed E-state index contributed by atoms with van der Waals surface area (Å²) < 4.78 is 0. The summed E-state index contributed by atoms with van der Waals surface area (Å²) in [5.41, 5.74) is 4.71. The van der Waals surface area contributed by atoms with Crippen LogP contribution >= 0.6 is 0 Å². The second-order valence-electron chi connectivity index (χ2n) is 6.75. The van der Waals surface area contributed by atoms with Gasteiger partial charge in [0.25, 0.3) is 0 Å². The molecule has 6 rings (SSSR count). The maximum atomic E-state index is 10.6. The highest BCUT2D eigenvalue weighted by molar-refractivity contribution is 5.61. The molecule has 0 amide bonds. The average Bonchev–Trinajstić information content (AvgIpc) is 2.68. The van der Waals surface area contributed by atoms with Crippen LogP contribution in [0.15, 0.2) is 67.0 Å². The molecule has 0 saturated carbocycles. The molecule has 118 valence electrons. The Labute approximate surface area is 141 Å². The molecular weight excluding hydrogens is 296 g/mol. The Morgan fingerprint density at radius 2 is 1.46 bits per heavy atom. The van der Waals surface area contributed by atoms with E-state index in [9.17, 15) is 5.11 Å². The standard InChI is InChI=1S/C21H18N2O/c24-13-21-17-8-3-1-6-14(17)16(15-7-2-4-9-18(15)21)12-19(21)20-22-10-5-11-23-20/h1-11,16,19,24H,12-13H2. The van der Waals surface area contributed by atoms with E-state index in [1.807, 2.05) is 6.07 Å². The van der Waals surface area contributed by atoms with Crippen molar-refractivity contribution in [3.05, 3.63) is 95.1 Å². The fourth-order valence-corrected chi connectivity index (χ4v) is 4.89. The quantitative estimate of drug-likeness (QED) is 0.788. The second kappa shape index (κ2) is 4.99. The number of nitrogens with zero attached hydrogens (tertiary/aromatic N) is 2. The van der Waals surface area contributed by atoms with E-state index in [4.69, 9.17) is 0 Å². The van der Waals surface area contributed by atoms with E-state index in [1.54, 1.807) is 12.4 Å². The molecule has 0 radical (unpaired) electrons. The van der Waals surface area contributed by atoms with Crippen molar-refractivity contribution in [3.63, 3.8) is 0 Å². The molecule has 1 N–H and O–H groups in total.